The summed E-state index contributed by atoms with van der Waals surface area (Å²) in [5.74, 6) is -0.582. The van der Waals surface area contributed by atoms with E-state index in [1.165, 1.54) is 4.90 Å². The number of quaternary nitrogens is 1. The molecule has 7 nitrogen and oxygen atoms in total. The number of fused-ring (bicyclic) bond motifs is 1. The van der Waals surface area contributed by atoms with Gasteiger partial charge in [-0.3, -0.25) is 14.6 Å². The fourth-order valence-corrected chi connectivity index (χ4v) is 4.33. The molecule has 1 fully saturated rings. The zero-order valence-electron chi connectivity index (χ0n) is 18.1. The number of nitrogens with one attached hydrogen (secondary N) is 1. The number of rotatable bonds is 6. The van der Waals surface area contributed by atoms with Gasteiger partial charge in [0.2, 0.25) is 0 Å². The monoisotopic (exact) mass is 422 g/mol. The molecule has 2 atom stereocenters. The number of hydrogen-bond donors (Lipinski definition) is 2. The minimum atomic E-state index is -0.651. The van der Waals surface area contributed by atoms with Crippen LogP contribution in [0.1, 0.15) is 36.1 Å². The van der Waals surface area contributed by atoms with Gasteiger partial charge in [0.05, 0.1) is 32.3 Å². The van der Waals surface area contributed by atoms with Gasteiger partial charge in [-0.05, 0) is 48.4 Å². The minimum Gasteiger partial charge on any atom is -0.507 e. The van der Waals surface area contributed by atoms with Crippen LogP contribution >= 0.6 is 0 Å². The van der Waals surface area contributed by atoms with Crippen molar-refractivity contribution >= 4 is 17.4 Å². The van der Waals surface area contributed by atoms with Crippen LogP contribution in [0, 0.1) is 0 Å². The van der Waals surface area contributed by atoms with Gasteiger partial charge in [0.25, 0.3) is 11.7 Å². The first kappa shape index (κ1) is 21.1. The van der Waals surface area contributed by atoms with Crippen molar-refractivity contribution in [2.45, 2.75) is 31.9 Å². The van der Waals surface area contributed by atoms with Crippen LogP contribution < -0.4 is 9.64 Å². The Bertz CT molecular complexity index is 1030. The molecule has 0 aliphatic carbocycles. The molecule has 2 aliphatic heterocycles. The van der Waals surface area contributed by atoms with Gasteiger partial charge in [-0.25, -0.2) is 0 Å². The Morgan fingerprint density at radius 1 is 1.23 bits per heavy atom. The number of aromatic nitrogens is 1. The van der Waals surface area contributed by atoms with E-state index in [4.69, 9.17) is 4.74 Å². The lowest BCUT2D eigenvalue weighted by atomic mass is 9.95. The van der Waals surface area contributed by atoms with Crippen LogP contribution in [0.4, 0.5) is 0 Å². The fourth-order valence-electron chi connectivity index (χ4n) is 4.33. The van der Waals surface area contributed by atoms with Gasteiger partial charge in [-0.1, -0.05) is 0 Å². The molecule has 2 N–H and O–H groups in total. The van der Waals surface area contributed by atoms with Gasteiger partial charge in [0, 0.05) is 37.3 Å². The Morgan fingerprint density at radius 3 is 2.68 bits per heavy atom. The Kier molecular flexibility index (Phi) is 5.78. The number of ketones is 1. The molecular weight excluding hydrogens is 394 g/mol. The summed E-state index contributed by atoms with van der Waals surface area (Å²) < 4.78 is 5.74. The number of carbonyl (C=O) groups excluding carboxylic acids is 2. The fraction of sp³-hybridized carbons (Fsp3) is 0.375. The number of pyridine rings is 1. The standard InChI is InChI=1S/C24H27N3O4/c1-15-13-18-14-17(5-6-19(18)31-15)22(28)20-21(16-7-9-25-10-8-16)27(24(30)23(20)29)12-4-11-26(2)3/h5-10,14-15,21,28H,4,11-13H2,1-3H3/p+1/b22-20+/t15-,21+/m1/s1. The SMILES string of the molecule is C[C@@H]1Cc2cc(/C(O)=C3\C(=O)C(=O)N(CCC[NH+](C)C)[C@H]3c3ccncc3)ccc2O1. The van der Waals surface area contributed by atoms with Crippen LogP contribution in [-0.2, 0) is 16.0 Å². The number of aliphatic hydroxyl groups is 1. The van der Waals surface area contributed by atoms with Gasteiger partial charge >= 0.3 is 0 Å². The summed E-state index contributed by atoms with van der Waals surface area (Å²) in [5.41, 5.74) is 2.39. The number of nitrogens with zero attached hydrogens (tertiary/aromatic N) is 2. The molecule has 31 heavy (non-hydrogen) atoms. The second-order valence-electron chi connectivity index (χ2n) is 8.54. The van der Waals surface area contributed by atoms with Crippen LogP contribution in [0.2, 0.25) is 0 Å². The van der Waals surface area contributed by atoms with E-state index in [9.17, 15) is 14.7 Å². The third kappa shape index (κ3) is 4.05. The Labute approximate surface area is 182 Å². The highest BCUT2D eigenvalue weighted by atomic mass is 16.5. The smallest absolute Gasteiger partial charge is 0.295 e. The number of ether oxygens (including phenoxy) is 1. The molecule has 1 saturated heterocycles. The third-order valence-corrected chi connectivity index (χ3v) is 5.81. The molecule has 4 rings (SSSR count). The lowest BCUT2D eigenvalue weighted by molar-refractivity contribution is -0.858. The predicted octanol–water partition coefficient (Wildman–Crippen LogP) is 1.36. The maximum atomic E-state index is 13.0. The topological polar surface area (TPSA) is 84.2 Å². The molecular formula is C24H28N3O4+. The van der Waals surface area contributed by atoms with Crippen molar-refractivity contribution in [1.29, 1.82) is 0 Å². The number of hydrogen-bond acceptors (Lipinski definition) is 5. The van der Waals surface area contributed by atoms with Gasteiger partial charge < -0.3 is 19.6 Å². The molecule has 2 aromatic rings. The van der Waals surface area contributed by atoms with Crippen molar-refractivity contribution in [2.75, 3.05) is 27.2 Å². The first-order chi connectivity index (χ1) is 14.9. The van der Waals surface area contributed by atoms with E-state index in [1.54, 1.807) is 35.5 Å². The van der Waals surface area contributed by atoms with Crippen molar-refractivity contribution in [2.24, 2.45) is 0 Å². The second kappa shape index (κ2) is 8.51. The minimum absolute atomic E-state index is 0.0774. The zero-order valence-corrected chi connectivity index (χ0v) is 18.1. The first-order valence-electron chi connectivity index (χ1n) is 10.6. The maximum absolute atomic E-state index is 13.0. The average molecular weight is 423 g/mol. The third-order valence-electron chi connectivity index (χ3n) is 5.81. The molecule has 3 heterocycles. The molecule has 0 unspecified atom stereocenters. The summed E-state index contributed by atoms with van der Waals surface area (Å²) in [4.78, 5) is 32.9. The van der Waals surface area contributed by atoms with E-state index < -0.39 is 17.7 Å². The lowest BCUT2D eigenvalue weighted by Crippen LogP contribution is -3.05. The summed E-state index contributed by atoms with van der Waals surface area (Å²) in [6, 6.07) is 8.33. The number of likely N-dealkylation sites (tertiary alicyclic amines) is 1. The van der Waals surface area contributed by atoms with E-state index in [0.717, 1.165) is 36.3 Å². The van der Waals surface area contributed by atoms with Gasteiger partial charge in [0.1, 0.15) is 17.6 Å². The first-order valence-corrected chi connectivity index (χ1v) is 10.6. The van der Waals surface area contributed by atoms with Crippen LogP contribution in [0.25, 0.3) is 5.76 Å². The highest BCUT2D eigenvalue weighted by Gasteiger charge is 2.45. The number of carbonyl (C=O) groups is 2. The van der Waals surface area contributed by atoms with Crippen molar-refractivity contribution in [3.05, 3.63) is 65.0 Å². The molecule has 1 aromatic carbocycles. The molecule has 0 saturated carbocycles. The van der Waals surface area contributed by atoms with Gasteiger partial charge in [-0.15, -0.1) is 0 Å². The Morgan fingerprint density at radius 2 is 1.97 bits per heavy atom. The number of amides is 1. The molecule has 162 valence electrons. The van der Waals surface area contributed by atoms with Crippen molar-refractivity contribution in [1.82, 2.24) is 9.88 Å². The quantitative estimate of drug-likeness (QED) is 0.417. The van der Waals surface area contributed by atoms with E-state index in [0.29, 0.717) is 12.1 Å². The average Bonchev–Trinajstić information content (AvgIpc) is 3.24. The predicted molar refractivity (Wildman–Crippen MR) is 116 cm³/mol. The molecule has 0 spiro atoms. The van der Waals surface area contributed by atoms with E-state index >= 15 is 0 Å². The van der Waals surface area contributed by atoms with Crippen LogP contribution in [0.3, 0.4) is 0 Å². The van der Waals surface area contributed by atoms with Gasteiger partial charge in [-0.2, -0.15) is 0 Å². The highest BCUT2D eigenvalue weighted by Crippen LogP contribution is 2.40. The summed E-state index contributed by atoms with van der Waals surface area (Å²) in [5, 5.41) is 11.2. The summed E-state index contributed by atoms with van der Waals surface area (Å²) in [6.45, 7) is 3.30. The number of aliphatic hydroxyl groups excluding tert-OH is 1. The molecule has 0 bridgehead atoms. The van der Waals surface area contributed by atoms with E-state index in [2.05, 4.69) is 4.98 Å². The van der Waals surface area contributed by atoms with Crippen LogP contribution in [-0.4, -0.2) is 60.0 Å². The van der Waals surface area contributed by atoms with Crippen molar-refractivity contribution < 1.29 is 24.3 Å². The Hall–Kier alpha value is -3.19. The summed E-state index contributed by atoms with van der Waals surface area (Å²) in [6.07, 6.45) is 4.84. The largest absolute Gasteiger partial charge is 0.507 e. The summed E-state index contributed by atoms with van der Waals surface area (Å²) >= 11 is 0. The van der Waals surface area contributed by atoms with Crippen molar-refractivity contribution in [3.8, 4) is 5.75 Å². The number of Topliss-reactive ketones (excluding diaryl/α,β-unsaturated/α-hetero) is 1. The molecule has 7 heteroatoms. The van der Waals surface area contributed by atoms with Crippen LogP contribution in [0.15, 0.2) is 48.3 Å². The summed E-state index contributed by atoms with van der Waals surface area (Å²) in [7, 11) is 4.10. The molecule has 1 amide bonds. The highest BCUT2D eigenvalue weighted by molar-refractivity contribution is 6.46. The maximum Gasteiger partial charge on any atom is 0.295 e. The zero-order chi connectivity index (χ0) is 22.1. The van der Waals surface area contributed by atoms with Crippen molar-refractivity contribution in [3.63, 3.8) is 0 Å². The van der Waals surface area contributed by atoms with E-state index in [1.807, 2.05) is 33.2 Å². The Balaban J connectivity index is 1.76. The van der Waals surface area contributed by atoms with Gasteiger partial charge in [0.15, 0.2) is 0 Å². The molecule has 1 aromatic heterocycles. The normalized spacial score (nSPS) is 22.1. The molecule has 2 aliphatic rings. The molecule has 0 radical (unpaired) electrons. The number of benzene rings is 1. The van der Waals surface area contributed by atoms with E-state index in [-0.39, 0.29) is 17.4 Å². The van der Waals surface area contributed by atoms with Crippen LogP contribution in [0.5, 0.6) is 5.75 Å². The second-order valence-corrected chi connectivity index (χ2v) is 8.54. The lowest BCUT2D eigenvalue weighted by Gasteiger charge is -2.25.